The molecule has 2 rings (SSSR count). The van der Waals surface area contributed by atoms with Crippen LogP contribution in [-0.4, -0.2) is 4.92 Å². The van der Waals surface area contributed by atoms with Crippen molar-refractivity contribution >= 4 is 11.3 Å². The maximum atomic E-state index is 10.7. The second kappa shape index (κ2) is 4.30. The molecule has 3 nitrogen and oxygen atoms in total. The molecule has 1 aliphatic rings. The Labute approximate surface area is 120 Å². The van der Waals surface area contributed by atoms with Gasteiger partial charge in [-0.15, -0.1) is 0 Å². The van der Waals surface area contributed by atoms with Crippen LogP contribution < -0.4 is 0 Å². The van der Waals surface area contributed by atoms with Crippen molar-refractivity contribution in [2.24, 2.45) is 10.8 Å². The summed E-state index contributed by atoms with van der Waals surface area (Å²) in [4.78, 5) is 10.4. The Morgan fingerprint density at radius 3 is 1.85 bits per heavy atom. The molecule has 0 unspecified atom stereocenters. The number of rotatable bonds is 3. The van der Waals surface area contributed by atoms with Gasteiger partial charge in [0.1, 0.15) is 0 Å². The summed E-state index contributed by atoms with van der Waals surface area (Å²) in [6.07, 6.45) is 0. The Kier molecular flexibility index (Phi) is 3.12. The average Bonchev–Trinajstić information content (AvgIpc) is 2.72. The molecule has 0 radical (unpaired) electrons. The Bertz CT molecular complexity index is 603. The first kappa shape index (κ1) is 14.5. The van der Waals surface area contributed by atoms with Crippen molar-refractivity contribution < 1.29 is 4.92 Å². The van der Waals surface area contributed by atoms with Crippen LogP contribution in [0.15, 0.2) is 42.0 Å². The van der Waals surface area contributed by atoms with Gasteiger partial charge in [0.15, 0.2) is 0 Å². The highest BCUT2D eigenvalue weighted by molar-refractivity contribution is 5.85. The van der Waals surface area contributed by atoms with E-state index >= 15 is 0 Å². The Morgan fingerprint density at radius 2 is 1.55 bits per heavy atom. The van der Waals surface area contributed by atoms with Crippen LogP contribution in [0.25, 0.3) is 5.57 Å². The zero-order valence-electron chi connectivity index (χ0n) is 12.8. The third-order valence-corrected chi connectivity index (χ3v) is 4.79. The van der Waals surface area contributed by atoms with Gasteiger partial charge in [0.25, 0.3) is 5.69 Å². The maximum absolute atomic E-state index is 10.7. The molecule has 0 heterocycles. The smallest absolute Gasteiger partial charge is 0.258 e. The fraction of sp³-hybridized carbons (Fsp3) is 0.412. The van der Waals surface area contributed by atoms with E-state index in [1.165, 1.54) is 5.57 Å². The number of nitrogens with zero attached hydrogens (tertiary/aromatic N) is 1. The van der Waals surface area contributed by atoms with Crippen LogP contribution in [0.3, 0.4) is 0 Å². The van der Waals surface area contributed by atoms with Crippen molar-refractivity contribution in [1.82, 2.24) is 0 Å². The molecule has 20 heavy (non-hydrogen) atoms. The molecule has 0 atom stereocenters. The Balaban J connectivity index is 2.55. The standard InChI is InChI=1S/C17H21NO2/c1-11(2)14(15-16(3,4)17(15,5)6)12-7-9-13(10-8-12)18(19)20/h7-10H,1H2,2-6H3. The zero-order chi connectivity index (χ0) is 15.3. The second-order valence-corrected chi connectivity index (χ2v) is 6.58. The summed E-state index contributed by atoms with van der Waals surface area (Å²) in [7, 11) is 0. The summed E-state index contributed by atoms with van der Waals surface area (Å²) < 4.78 is 0. The molecule has 0 spiro atoms. The van der Waals surface area contributed by atoms with E-state index in [2.05, 4.69) is 34.3 Å². The normalized spacial score (nSPS) is 18.6. The van der Waals surface area contributed by atoms with Crippen molar-refractivity contribution in [1.29, 1.82) is 0 Å². The van der Waals surface area contributed by atoms with E-state index in [0.29, 0.717) is 0 Å². The molecular formula is C17H21NO2. The van der Waals surface area contributed by atoms with Crippen LogP contribution in [0.4, 0.5) is 5.69 Å². The molecule has 1 aromatic rings. The molecular weight excluding hydrogens is 250 g/mol. The van der Waals surface area contributed by atoms with Crippen molar-refractivity contribution in [3.8, 4) is 0 Å². The zero-order valence-corrected chi connectivity index (χ0v) is 12.8. The number of nitro benzene ring substituents is 1. The average molecular weight is 271 g/mol. The van der Waals surface area contributed by atoms with Gasteiger partial charge in [0.05, 0.1) is 4.92 Å². The van der Waals surface area contributed by atoms with E-state index in [1.54, 1.807) is 12.1 Å². The molecule has 1 aliphatic carbocycles. The highest BCUT2D eigenvalue weighted by Crippen LogP contribution is 2.70. The quantitative estimate of drug-likeness (QED) is 0.574. The highest BCUT2D eigenvalue weighted by atomic mass is 16.6. The van der Waals surface area contributed by atoms with E-state index in [0.717, 1.165) is 16.7 Å². The molecule has 0 amide bonds. The van der Waals surface area contributed by atoms with Crippen LogP contribution >= 0.6 is 0 Å². The number of allylic oxidation sites excluding steroid dienone is 3. The van der Waals surface area contributed by atoms with Gasteiger partial charge in [0.2, 0.25) is 0 Å². The Morgan fingerprint density at radius 1 is 1.10 bits per heavy atom. The molecule has 1 fully saturated rings. The first-order valence-corrected chi connectivity index (χ1v) is 6.76. The summed E-state index contributed by atoms with van der Waals surface area (Å²) in [5.41, 5.74) is 4.95. The van der Waals surface area contributed by atoms with Gasteiger partial charge in [-0.1, -0.05) is 39.8 Å². The Hall–Kier alpha value is -1.90. The molecule has 0 N–H and O–H groups in total. The van der Waals surface area contributed by atoms with Gasteiger partial charge < -0.3 is 0 Å². The molecule has 0 aromatic heterocycles. The number of benzene rings is 1. The minimum Gasteiger partial charge on any atom is -0.258 e. The minimum atomic E-state index is -0.373. The minimum absolute atomic E-state index is 0.120. The molecule has 3 heteroatoms. The van der Waals surface area contributed by atoms with Crippen molar-refractivity contribution in [2.45, 2.75) is 34.6 Å². The van der Waals surface area contributed by atoms with Gasteiger partial charge in [-0.25, -0.2) is 0 Å². The second-order valence-electron chi connectivity index (χ2n) is 6.58. The lowest BCUT2D eigenvalue weighted by atomic mass is 9.96. The summed E-state index contributed by atoms with van der Waals surface area (Å²) in [6, 6.07) is 6.75. The summed E-state index contributed by atoms with van der Waals surface area (Å²) in [5, 5.41) is 10.7. The van der Waals surface area contributed by atoms with Crippen molar-refractivity contribution in [3.63, 3.8) is 0 Å². The number of hydrogen-bond acceptors (Lipinski definition) is 2. The van der Waals surface area contributed by atoms with Gasteiger partial charge in [0, 0.05) is 12.1 Å². The number of non-ortho nitro benzene ring substituents is 1. The number of hydrogen-bond donors (Lipinski definition) is 0. The predicted octanol–water partition coefficient (Wildman–Crippen LogP) is 4.99. The van der Waals surface area contributed by atoms with E-state index < -0.39 is 0 Å². The largest absolute Gasteiger partial charge is 0.269 e. The van der Waals surface area contributed by atoms with Crippen molar-refractivity contribution in [3.05, 3.63) is 57.7 Å². The lowest BCUT2D eigenvalue weighted by molar-refractivity contribution is -0.384. The lowest BCUT2D eigenvalue weighted by Crippen LogP contribution is -1.95. The van der Waals surface area contributed by atoms with Crippen LogP contribution in [0.5, 0.6) is 0 Å². The molecule has 1 saturated carbocycles. The predicted molar refractivity (Wildman–Crippen MR) is 82.4 cm³/mol. The third-order valence-electron chi connectivity index (χ3n) is 4.79. The highest BCUT2D eigenvalue weighted by Gasteiger charge is 2.61. The maximum Gasteiger partial charge on any atom is 0.269 e. The molecule has 0 saturated heterocycles. The summed E-state index contributed by atoms with van der Waals surface area (Å²) >= 11 is 0. The van der Waals surface area contributed by atoms with E-state index in [4.69, 9.17) is 0 Å². The lowest BCUT2D eigenvalue weighted by Gasteiger charge is -2.09. The summed E-state index contributed by atoms with van der Waals surface area (Å²) in [5.74, 6) is 0. The van der Waals surface area contributed by atoms with E-state index in [1.807, 2.05) is 19.1 Å². The molecule has 0 bridgehead atoms. The third kappa shape index (κ3) is 1.98. The SMILES string of the molecule is C=C(C)C(=C1C(C)(C)C1(C)C)c1ccc([N+](=O)[O-])cc1. The van der Waals surface area contributed by atoms with E-state index in [9.17, 15) is 10.1 Å². The monoisotopic (exact) mass is 271 g/mol. The van der Waals surface area contributed by atoms with Crippen LogP contribution in [0, 0.1) is 20.9 Å². The van der Waals surface area contributed by atoms with Gasteiger partial charge in [-0.05, 0) is 46.6 Å². The van der Waals surface area contributed by atoms with Gasteiger partial charge >= 0.3 is 0 Å². The fourth-order valence-electron chi connectivity index (χ4n) is 3.01. The van der Waals surface area contributed by atoms with Crippen LogP contribution in [-0.2, 0) is 0 Å². The van der Waals surface area contributed by atoms with Gasteiger partial charge in [-0.3, -0.25) is 10.1 Å². The first-order valence-electron chi connectivity index (χ1n) is 6.76. The van der Waals surface area contributed by atoms with Crippen LogP contribution in [0.2, 0.25) is 0 Å². The van der Waals surface area contributed by atoms with E-state index in [-0.39, 0.29) is 21.4 Å². The van der Waals surface area contributed by atoms with Crippen molar-refractivity contribution in [2.75, 3.05) is 0 Å². The first-order chi connectivity index (χ1) is 9.10. The number of nitro groups is 1. The fourth-order valence-corrected chi connectivity index (χ4v) is 3.01. The topological polar surface area (TPSA) is 43.1 Å². The summed E-state index contributed by atoms with van der Waals surface area (Å²) in [6.45, 7) is 15.0. The van der Waals surface area contributed by atoms with Gasteiger partial charge in [-0.2, -0.15) is 0 Å². The molecule has 106 valence electrons. The molecule has 0 aliphatic heterocycles. The van der Waals surface area contributed by atoms with Crippen LogP contribution in [0.1, 0.15) is 40.2 Å². The molecule has 1 aromatic carbocycles.